The van der Waals surface area contributed by atoms with Gasteiger partial charge in [-0.05, 0) is 38.0 Å². The zero-order chi connectivity index (χ0) is 20.8. The van der Waals surface area contributed by atoms with Gasteiger partial charge in [-0.2, -0.15) is 5.10 Å². The first kappa shape index (κ1) is 20.8. The molecular formula is C20H27N5O4. The molecule has 156 valence electrons. The third-order valence-corrected chi connectivity index (χ3v) is 5.08. The fraction of sp³-hybridized carbons (Fsp3) is 0.500. The highest BCUT2D eigenvalue weighted by Crippen LogP contribution is 2.27. The SMILES string of the molecule is CCOc1cccc(C(=O)N[C@@H]2C[C@H](C(=O)NCCc3ncnn3C)C[C@H]2O)c1. The molecule has 3 N–H and O–H groups in total. The van der Waals surface area contributed by atoms with E-state index in [2.05, 4.69) is 20.7 Å². The molecular weight excluding hydrogens is 374 g/mol. The lowest BCUT2D eigenvalue weighted by molar-refractivity contribution is -0.125. The highest BCUT2D eigenvalue weighted by Gasteiger charge is 2.37. The summed E-state index contributed by atoms with van der Waals surface area (Å²) < 4.78 is 7.08. The van der Waals surface area contributed by atoms with Gasteiger partial charge in [0.1, 0.15) is 17.9 Å². The molecule has 1 aliphatic rings. The van der Waals surface area contributed by atoms with Gasteiger partial charge in [-0.3, -0.25) is 14.3 Å². The summed E-state index contributed by atoms with van der Waals surface area (Å²) in [4.78, 5) is 29.1. The van der Waals surface area contributed by atoms with Crippen LogP contribution in [0.25, 0.3) is 0 Å². The molecule has 0 radical (unpaired) electrons. The average molecular weight is 401 g/mol. The molecule has 3 atom stereocenters. The van der Waals surface area contributed by atoms with Crippen molar-refractivity contribution < 1.29 is 19.4 Å². The second-order valence-electron chi connectivity index (χ2n) is 7.12. The van der Waals surface area contributed by atoms with Crippen molar-refractivity contribution in [2.24, 2.45) is 13.0 Å². The van der Waals surface area contributed by atoms with Crippen molar-refractivity contribution in [1.82, 2.24) is 25.4 Å². The number of aliphatic hydroxyl groups excluding tert-OH is 1. The fourth-order valence-electron chi connectivity index (χ4n) is 3.52. The Morgan fingerprint density at radius 1 is 1.34 bits per heavy atom. The van der Waals surface area contributed by atoms with Crippen LogP contribution in [0.4, 0.5) is 0 Å². The molecule has 29 heavy (non-hydrogen) atoms. The minimum atomic E-state index is -0.761. The maximum atomic E-state index is 12.5. The van der Waals surface area contributed by atoms with Gasteiger partial charge in [0.25, 0.3) is 5.91 Å². The van der Waals surface area contributed by atoms with Crippen LogP contribution in [0.5, 0.6) is 5.75 Å². The third kappa shape index (κ3) is 5.32. The molecule has 0 unspecified atom stereocenters. The Hall–Kier alpha value is -2.94. The van der Waals surface area contributed by atoms with Gasteiger partial charge >= 0.3 is 0 Å². The van der Waals surface area contributed by atoms with Crippen LogP contribution in [0.1, 0.15) is 35.9 Å². The van der Waals surface area contributed by atoms with Crippen molar-refractivity contribution in [3.63, 3.8) is 0 Å². The van der Waals surface area contributed by atoms with E-state index in [1.165, 1.54) is 6.33 Å². The third-order valence-electron chi connectivity index (χ3n) is 5.08. The molecule has 0 aliphatic heterocycles. The summed E-state index contributed by atoms with van der Waals surface area (Å²) in [7, 11) is 1.80. The molecule has 1 fully saturated rings. The van der Waals surface area contributed by atoms with Crippen molar-refractivity contribution in [2.45, 2.75) is 38.3 Å². The molecule has 1 saturated carbocycles. The lowest BCUT2D eigenvalue weighted by Crippen LogP contribution is -2.40. The molecule has 3 rings (SSSR count). The Balaban J connectivity index is 1.49. The minimum Gasteiger partial charge on any atom is -0.494 e. The lowest BCUT2D eigenvalue weighted by Gasteiger charge is -2.16. The quantitative estimate of drug-likeness (QED) is 0.591. The van der Waals surface area contributed by atoms with Crippen LogP contribution in [-0.4, -0.2) is 57.0 Å². The predicted molar refractivity (Wildman–Crippen MR) is 105 cm³/mol. The molecule has 1 aliphatic carbocycles. The van der Waals surface area contributed by atoms with E-state index in [-0.39, 0.29) is 17.7 Å². The number of aliphatic hydroxyl groups is 1. The fourth-order valence-corrected chi connectivity index (χ4v) is 3.52. The first-order valence-electron chi connectivity index (χ1n) is 9.80. The van der Waals surface area contributed by atoms with Crippen molar-refractivity contribution in [3.05, 3.63) is 42.0 Å². The highest BCUT2D eigenvalue weighted by molar-refractivity contribution is 5.95. The maximum absolute atomic E-state index is 12.5. The standard InChI is InChI=1S/C20H27N5O4/c1-3-29-15-6-4-5-13(9-15)20(28)24-16-10-14(11-17(16)26)19(27)21-8-7-18-22-12-23-25(18)2/h4-6,9,12,14,16-17,26H,3,7-8,10-11H2,1-2H3,(H,21,27)(H,24,28)/t14-,16+,17+/m0/s1. The zero-order valence-corrected chi connectivity index (χ0v) is 16.7. The Morgan fingerprint density at radius 2 is 2.17 bits per heavy atom. The van der Waals surface area contributed by atoms with Crippen molar-refractivity contribution >= 4 is 11.8 Å². The first-order valence-corrected chi connectivity index (χ1v) is 9.80. The number of carbonyl (C=O) groups is 2. The Kier molecular flexibility index (Phi) is 6.82. The lowest BCUT2D eigenvalue weighted by atomic mass is 10.1. The van der Waals surface area contributed by atoms with Gasteiger partial charge in [0.15, 0.2) is 0 Å². The highest BCUT2D eigenvalue weighted by atomic mass is 16.5. The van der Waals surface area contributed by atoms with E-state index in [1.807, 2.05) is 6.92 Å². The van der Waals surface area contributed by atoms with Gasteiger partial charge in [0.2, 0.25) is 5.91 Å². The normalized spacial score (nSPS) is 21.0. The predicted octanol–water partition coefficient (Wildman–Crippen LogP) is 0.442. The topological polar surface area (TPSA) is 118 Å². The van der Waals surface area contributed by atoms with Gasteiger partial charge in [0.05, 0.1) is 18.8 Å². The summed E-state index contributed by atoms with van der Waals surface area (Å²) >= 11 is 0. The first-order chi connectivity index (χ1) is 14.0. The van der Waals surface area contributed by atoms with Crippen LogP contribution in [0.3, 0.4) is 0 Å². The number of hydrogen-bond acceptors (Lipinski definition) is 6. The summed E-state index contributed by atoms with van der Waals surface area (Å²) in [5, 5.41) is 20.0. The molecule has 2 aromatic rings. The van der Waals surface area contributed by atoms with Crippen molar-refractivity contribution in [3.8, 4) is 5.75 Å². The Bertz CT molecular complexity index is 853. The van der Waals surface area contributed by atoms with E-state index >= 15 is 0 Å². The monoisotopic (exact) mass is 401 g/mol. The number of aromatic nitrogens is 3. The number of carbonyl (C=O) groups excluding carboxylic acids is 2. The Labute approximate surface area is 169 Å². The van der Waals surface area contributed by atoms with Gasteiger partial charge in [-0.25, -0.2) is 4.98 Å². The summed E-state index contributed by atoms with van der Waals surface area (Å²) in [5.74, 6) is 0.647. The molecule has 1 aromatic heterocycles. The molecule has 1 aromatic carbocycles. The van der Waals surface area contributed by atoms with Gasteiger partial charge in [-0.1, -0.05) is 6.07 Å². The van der Waals surface area contributed by atoms with E-state index in [9.17, 15) is 14.7 Å². The van der Waals surface area contributed by atoms with Crippen molar-refractivity contribution in [1.29, 1.82) is 0 Å². The van der Waals surface area contributed by atoms with Gasteiger partial charge < -0.3 is 20.5 Å². The Morgan fingerprint density at radius 3 is 2.90 bits per heavy atom. The number of hydrogen-bond donors (Lipinski definition) is 3. The molecule has 2 amide bonds. The van der Waals surface area contributed by atoms with E-state index in [0.717, 1.165) is 5.82 Å². The van der Waals surface area contributed by atoms with Crippen LogP contribution >= 0.6 is 0 Å². The second kappa shape index (κ2) is 9.51. The van der Waals surface area contributed by atoms with Crippen LogP contribution in [0, 0.1) is 5.92 Å². The molecule has 9 nitrogen and oxygen atoms in total. The van der Waals surface area contributed by atoms with Crippen LogP contribution < -0.4 is 15.4 Å². The zero-order valence-electron chi connectivity index (χ0n) is 16.7. The summed E-state index contributed by atoms with van der Waals surface area (Å²) in [5.41, 5.74) is 0.458. The average Bonchev–Trinajstić information content (AvgIpc) is 3.28. The van der Waals surface area contributed by atoms with Crippen LogP contribution in [0.2, 0.25) is 0 Å². The largest absolute Gasteiger partial charge is 0.494 e. The molecule has 0 saturated heterocycles. The number of nitrogens with one attached hydrogen (secondary N) is 2. The molecule has 0 spiro atoms. The smallest absolute Gasteiger partial charge is 0.251 e. The van der Waals surface area contributed by atoms with E-state index in [1.54, 1.807) is 36.0 Å². The number of nitrogens with zero attached hydrogens (tertiary/aromatic N) is 3. The summed E-state index contributed by atoms with van der Waals surface area (Å²) in [6.07, 6.45) is 2.01. The van der Waals surface area contributed by atoms with Crippen LogP contribution in [0.15, 0.2) is 30.6 Å². The maximum Gasteiger partial charge on any atom is 0.251 e. The van der Waals surface area contributed by atoms with Gasteiger partial charge in [-0.15, -0.1) is 0 Å². The summed E-state index contributed by atoms with van der Waals surface area (Å²) in [6, 6.07) is 6.42. The number of benzene rings is 1. The van der Waals surface area contributed by atoms with E-state index in [4.69, 9.17) is 4.74 Å². The minimum absolute atomic E-state index is 0.124. The second-order valence-corrected chi connectivity index (χ2v) is 7.12. The van der Waals surface area contributed by atoms with Crippen molar-refractivity contribution in [2.75, 3.05) is 13.2 Å². The number of amides is 2. The van der Waals surface area contributed by atoms with Crippen LogP contribution in [-0.2, 0) is 18.3 Å². The summed E-state index contributed by atoms with van der Waals surface area (Å²) in [6.45, 7) is 2.83. The van der Waals surface area contributed by atoms with Gasteiger partial charge in [0, 0.05) is 31.5 Å². The molecule has 9 heteroatoms. The number of rotatable bonds is 8. The van der Waals surface area contributed by atoms with E-state index in [0.29, 0.717) is 43.7 Å². The van der Waals surface area contributed by atoms with E-state index < -0.39 is 12.1 Å². The molecule has 0 bridgehead atoms. The number of aryl methyl sites for hydroxylation is 1. The number of ether oxygens (including phenoxy) is 1. The molecule has 1 heterocycles.